The number of hydrogen-bond donors (Lipinski definition) is 3. The van der Waals surface area contributed by atoms with E-state index in [9.17, 15) is 9.59 Å². The molecule has 2 unspecified atom stereocenters. The van der Waals surface area contributed by atoms with Crippen LogP contribution in [0.2, 0.25) is 0 Å². The molecule has 98 valence electrons. The van der Waals surface area contributed by atoms with Gasteiger partial charge in [-0.05, 0) is 36.7 Å². The number of urea groups is 1. The van der Waals surface area contributed by atoms with Crippen molar-refractivity contribution in [3.63, 3.8) is 0 Å². The number of carbonyl (C=O) groups is 2. The first kappa shape index (κ1) is 14.2. The first-order valence-electron chi connectivity index (χ1n) is 5.80. The molecule has 3 N–H and O–H groups in total. The van der Waals surface area contributed by atoms with Gasteiger partial charge < -0.3 is 15.7 Å². The summed E-state index contributed by atoms with van der Waals surface area (Å²) in [4.78, 5) is 22.4. The maximum Gasteiger partial charge on any atom is 0.326 e. The number of rotatable bonds is 7. The summed E-state index contributed by atoms with van der Waals surface area (Å²) >= 11 is 1.57. The van der Waals surface area contributed by atoms with Crippen LogP contribution in [-0.2, 0) is 4.79 Å². The molecule has 1 fully saturated rings. The Labute approximate surface area is 106 Å². The third-order valence-electron chi connectivity index (χ3n) is 3.02. The first-order valence-corrected chi connectivity index (χ1v) is 7.20. The smallest absolute Gasteiger partial charge is 0.326 e. The fourth-order valence-electron chi connectivity index (χ4n) is 1.61. The number of aliphatic carboxylic acids is 1. The number of carboxylic acid groups (broad SMARTS) is 1. The predicted octanol–water partition coefficient (Wildman–Crippen LogP) is 1.15. The molecule has 0 radical (unpaired) electrons. The summed E-state index contributed by atoms with van der Waals surface area (Å²) in [7, 11) is 0. The van der Waals surface area contributed by atoms with Gasteiger partial charge in [-0.15, -0.1) is 0 Å². The van der Waals surface area contributed by atoms with Crippen molar-refractivity contribution >= 4 is 23.8 Å². The van der Waals surface area contributed by atoms with Crippen molar-refractivity contribution in [2.45, 2.75) is 25.8 Å². The van der Waals surface area contributed by atoms with E-state index in [-0.39, 0.29) is 6.03 Å². The fourth-order valence-corrected chi connectivity index (χ4v) is 2.08. The molecule has 5 nitrogen and oxygen atoms in total. The minimum atomic E-state index is -0.978. The molecule has 0 bridgehead atoms. The van der Waals surface area contributed by atoms with Crippen LogP contribution < -0.4 is 10.6 Å². The zero-order valence-corrected chi connectivity index (χ0v) is 11.0. The quantitative estimate of drug-likeness (QED) is 0.641. The van der Waals surface area contributed by atoms with Gasteiger partial charge in [-0.2, -0.15) is 11.8 Å². The Morgan fingerprint density at radius 1 is 1.53 bits per heavy atom. The zero-order valence-electron chi connectivity index (χ0n) is 10.2. The van der Waals surface area contributed by atoms with Gasteiger partial charge in [-0.3, -0.25) is 0 Å². The monoisotopic (exact) mass is 260 g/mol. The second-order valence-corrected chi connectivity index (χ2v) is 5.49. The Balaban J connectivity index is 2.22. The number of thioether (sulfide) groups is 1. The molecular weight excluding hydrogens is 240 g/mol. The Hall–Kier alpha value is -0.910. The molecule has 3 atom stereocenters. The van der Waals surface area contributed by atoms with E-state index in [1.807, 2.05) is 6.26 Å². The molecule has 2 amide bonds. The number of nitrogens with one attached hydrogen (secondary N) is 2. The van der Waals surface area contributed by atoms with Gasteiger partial charge >= 0.3 is 12.0 Å². The minimum absolute atomic E-state index is 0.377. The van der Waals surface area contributed by atoms with Crippen LogP contribution in [0.15, 0.2) is 0 Å². The van der Waals surface area contributed by atoms with Gasteiger partial charge in [0.1, 0.15) is 6.04 Å². The molecule has 17 heavy (non-hydrogen) atoms. The van der Waals surface area contributed by atoms with Crippen LogP contribution in [-0.4, -0.2) is 41.7 Å². The first-order chi connectivity index (χ1) is 8.04. The van der Waals surface area contributed by atoms with Crippen molar-refractivity contribution in [1.82, 2.24) is 10.6 Å². The topological polar surface area (TPSA) is 78.4 Å². The molecular formula is C11H20N2O3S. The lowest BCUT2D eigenvalue weighted by atomic mass is 10.2. The summed E-state index contributed by atoms with van der Waals surface area (Å²) in [5, 5.41) is 14.1. The predicted molar refractivity (Wildman–Crippen MR) is 68.2 cm³/mol. The van der Waals surface area contributed by atoms with Gasteiger partial charge in [0, 0.05) is 6.54 Å². The summed E-state index contributed by atoms with van der Waals surface area (Å²) in [5.74, 6) is 0.989. The molecule has 0 saturated heterocycles. The summed E-state index contributed by atoms with van der Waals surface area (Å²) < 4.78 is 0. The fraction of sp³-hybridized carbons (Fsp3) is 0.818. The SMILES string of the molecule is CSCC[C@H](NC(=O)NCC1CC1C)C(=O)O. The summed E-state index contributed by atoms with van der Waals surface area (Å²) in [5.41, 5.74) is 0. The van der Waals surface area contributed by atoms with Crippen molar-refractivity contribution in [1.29, 1.82) is 0 Å². The van der Waals surface area contributed by atoms with Crippen LogP contribution in [0.1, 0.15) is 19.8 Å². The third-order valence-corrected chi connectivity index (χ3v) is 3.66. The van der Waals surface area contributed by atoms with Gasteiger partial charge in [0.25, 0.3) is 0 Å². The van der Waals surface area contributed by atoms with E-state index in [1.54, 1.807) is 11.8 Å². The molecule has 0 aliphatic heterocycles. The molecule has 1 aliphatic rings. The Morgan fingerprint density at radius 3 is 2.65 bits per heavy atom. The molecule has 1 rings (SSSR count). The highest BCUT2D eigenvalue weighted by Gasteiger charge is 2.32. The molecule has 1 aliphatic carbocycles. The number of carbonyl (C=O) groups excluding carboxylic acids is 1. The van der Waals surface area contributed by atoms with E-state index in [0.717, 1.165) is 12.2 Å². The maximum absolute atomic E-state index is 11.5. The largest absolute Gasteiger partial charge is 0.480 e. The minimum Gasteiger partial charge on any atom is -0.480 e. The zero-order chi connectivity index (χ0) is 12.8. The van der Waals surface area contributed by atoms with Crippen LogP contribution in [0, 0.1) is 11.8 Å². The van der Waals surface area contributed by atoms with Crippen molar-refractivity contribution < 1.29 is 14.7 Å². The van der Waals surface area contributed by atoms with Crippen LogP contribution in [0.3, 0.4) is 0 Å². The second kappa shape index (κ2) is 6.74. The van der Waals surface area contributed by atoms with E-state index < -0.39 is 12.0 Å². The Morgan fingerprint density at radius 2 is 2.18 bits per heavy atom. The molecule has 0 aromatic heterocycles. The lowest BCUT2D eigenvalue weighted by Crippen LogP contribution is -2.46. The van der Waals surface area contributed by atoms with Gasteiger partial charge in [-0.25, -0.2) is 9.59 Å². The van der Waals surface area contributed by atoms with Crippen molar-refractivity contribution in [3.8, 4) is 0 Å². The maximum atomic E-state index is 11.5. The number of hydrogen-bond acceptors (Lipinski definition) is 3. The Bertz CT molecular complexity index is 286. The van der Waals surface area contributed by atoms with Crippen LogP contribution in [0.5, 0.6) is 0 Å². The van der Waals surface area contributed by atoms with Crippen LogP contribution in [0.4, 0.5) is 4.79 Å². The lowest BCUT2D eigenvalue weighted by Gasteiger charge is -2.14. The second-order valence-electron chi connectivity index (χ2n) is 4.50. The molecule has 6 heteroatoms. The molecule has 1 saturated carbocycles. The van der Waals surface area contributed by atoms with Gasteiger partial charge in [0.05, 0.1) is 0 Å². The third kappa shape index (κ3) is 5.30. The van der Waals surface area contributed by atoms with E-state index in [2.05, 4.69) is 17.6 Å². The highest BCUT2D eigenvalue weighted by atomic mass is 32.2. The lowest BCUT2D eigenvalue weighted by molar-refractivity contribution is -0.139. The summed E-state index contributed by atoms with van der Waals surface area (Å²) in [6.07, 6.45) is 3.51. The van der Waals surface area contributed by atoms with Gasteiger partial charge in [0.2, 0.25) is 0 Å². The summed E-state index contributed by atoms with van der Waals surface area (Å²) in [6.45, 7) is 2.78. The van der Waals surface area contributed by atoms with Gasteiger partial charge in [-0.1, -0.05) is 6.92 Å². The molecule has 0 aromatic rings. The highest BCUT2D eigenvalue weighted by Crippen LogP contribution is 2.36. The van der Waals surface area contributed by atoms with Crippen LogP contribution in [0.25, 0.3) is 0 Å². The van der Waals surface area contributed by atoms with E-state index in [0.29, 0.717) is 24.8 Å². The molecule has 0 spiro atoms. The molecule has 0 aromatic carbocycles. The van der Waals surface area contributed by atoms with Crippen molar-refractivity contribution in [2.75, 3.05) is 18.6 Å². The van der Waals surface area contributed by atoms with E-state index in [1.165, 1.54) is 0 Å². The number of carboxylic acids is 1. The van der Waals surface area contributed by atoms with E-state index in [4.69, 9.17) is 5.11 Å². The number of amides is 2. The van der Waals surface area contributed by atoms with Crippen molar-refractivity contribution in [2.24, 2.45) is 11.8 Å². The molecule has 0 heterocycles. The normalized spacial score (nSPS) is 23.9. The Kier molecular flexibility index (Phi) is 5.61. The van der Waals surface area contributed by atoms with Gasteiger partial charge in [0.15, 0.2) is 0 Å². The average Bonchev–Trinajstić information content (AvgIpc) is 2.97. The summed E-state index contributed by atoms with van der Waals surface area (Å²) in [6, 6.07) is -1.17. The van der Waals surface area contributed by atoms with Crippen LogP contribution >= 0.6 is 11.8 Å². The van der Waals surface area contributed by atoms with E-state index >= 15 is 0 Å². The average molecular weight is 260 g/mol. The standard InChI is InChI=1S/C11H20N2O3S/c1-7-5-8(7)6-12-11(16)13-9(10(14)15)3-4-17-2/h7-9H,3-6H2,1-2H3,(H,14,15)(H2,12,13,16)/t7?,8?,9-/m0/s1. The highest BCUT2D eigenvalue weighted by molar-refractivity contribution is 7.98. The van der Waals surface area contributed by atoms with Crippen molar-refractivity contribution in [3.05, 3.63) is 0 Å².